The number of hydrogen-bond donors (Lipinski definition) is 0. The molecule has 3 rings (SSSR count). The van der Waals surface area contributed by atoms with Crippen molar-refractivity contribution in [3.05, 3.63) is 36.7 Å². The lowest BCUT2D eigenvalue weighted by molar-refractivity contribution is -0.133. The summed E-state index contributed by atoms with van der Waals surface area (Å²) < 4.78 is 7.24. The fourth-order valence-corrected chi connectivity index (χ4v) is 2.57. The van der Waals surface area contributed by atoms with E-state index in [1.165, 1.54) is 11.0 Å². The van der Waals surface area contributed by atoms with E-state index in [4.69, 9.17) is 4.74 Å². The van der Waals surface area contributed by atoms with Crippen LogP contribution in [0, 0.1) is 5.92 Å². The Hall–Kier alpha value is -2.44. The summed E-state index contributed by atoms with van der Waals surface area (Å²) in [7, 11) is 0. The molecule has 2 heterocycles. The van der Waals surface area contributed by atoms with Gasteiger partial charge in [-0.2, -0.15) is 0 Å². The fourth-order valence-electron chi connectivity index (χ4n) is 2.57. The Morgan fingerprint density at radius 3 is 2.68 bits per heavy atom. The summed E-state index contributed by atoms with van der Waals surface area (Å²) in [6.45, 7) is 2.45. The highest BCUT2D eigenvalue weighted by Crippen LogP contribution is 2.19. The average Bonchev–Trinajstić information content (AvgIpc) is 3.07. The molecule has 1 aromatic heterocycles. The first-order valence-electron chi connectivity index (χ1n) is 7.47. The van der Waals surface area contributed by atoms with E-state index in [1.807, 2.05) is 35.2 Å². The van der Waals surface area contributed by atoms with Crippen molar-refractivity contribution in [1.29, 1.82) is 0 Å². The van der Waals surface area contributed by atoms with Gasteiger partial charge < -0.3 is 9.64 Å². The topological polar surface area (TPSA) is 73.1 Å². The number of benzene rings is 1. The normalized spacial score (nSPS) is 15.7. The summed E-state index contributed by atoms with van der Waals surface area (Å²) in [5, 5.41) is 10.8. The number of rotatable bonds is 5. The molecule has 7 heteroatoms. The predicted molar refractivity (Wildman–Crippen MR) is 79.1 cm³/mol. The number of hydrogen-bond acceptors (Lipinski definition) is 5. The Kier molecular flexibility index (Phi) is 4.62. The van der Waals surface area contributed by atoms with E-state index in [9.17, 15) is 4.79 Å². The quantitative estimate of drug-likeness (QED) is 0.823. The van der Waals surface area contributed by atoms with Crippen molar-refractivity contribution in [3.8, 4) is 5.75 Å². The van der Waals surface area contributed by atoms with Crippen molar-refractivity contribution in [3.63, 3.8) is 0 Å². The van der Waals surface area contributed by atoms with Crippen LogP contribution in [0.2, 0.25) is 0 Å². The molecule has 2 aromatic rings. The third kappa shape index (κ3) is 3.81. The molecule has 1 aromatic carbocycles. The number of amides is 1. The molecule has 0 bridgehead atoms. The first kappa shape index (κ1) is 14.5. The number of piperidine rings is 1. The van der Waals surface area contributed by atoms with E-state index in [-0.39, 0.29) is 12.5 Å². The molecular formula is C15H19N5O2. The summed E-state index contributed by atoms with van der Waals surface area (Å²) in [6, 6.07) is 9.84. The first-order valence-corrected chi connectivity index (χ1v) is 7.47. The zero-order valence-electron chi connectivity index (χ0n) is 12.3. The number of carbonyl (C=O) groups is 1. The number of para-hydroxylation sites is 1. The van der Waals surface area contributed by atoms with Gasteiger partial charge in [-0.3, -0.25) is 4.79 Å². The molecule has 1 saturated heterocycles. The molecule has 0 radical (unpaired) electrons. The van der Waals surface area contributed by atoms with E-state index in [2.05, 4.69) is 15.5 Å². The van der Waals surface area contributed by atoms with Crippen molar-refractivity contribution in [2.24, 2.45) is 5.92 Å². The molecule has 1 aliphatic heterocycles. The van der Waals surface area contributed by atoms with Crippen LogP contribution < -0.4 is 4.74 Å². The molecule has 22 heavy (non-hydrogen) atoms. The molecule has 0 unspecified atom stereocenters. The number of carbonyl (C=O) groups excluding carboxylic acids is 1. The molecule has 0 saturated carbocycles. The van der Waals surface area contributed by atoms with Gasteiger partial charge in [0.1, 0.15) is 18.6 Å². The molecule has 0 aliphatic carbocycles. The van der Waals surface area contributed by atoms with Gasteiger partial charge in [0.25, 0.3) is 0 Å². The Balaban J connectivity index is 1.41. The number of nitrogens with zero attached hydrogens (tertiary/aromatic N) is 5. The molecule has 1 amide bonds. The Bertz CT molecular complexity index is 579. The molecule has 0 spiro atoms. The third-order valence-corrected chi connectivity index (χ3v) is 3.88. The largest absolute Gasteiger partial charge is 0.493 e. The zero-order valence-corrected chi connectivity index (χ0v) is 12.3. The fraction of sp³-hybridized carbons (Fsp3) is 0.467. The predicted octanol–water partition coefficient (Wildman–Crippen LogP) is 0.991. The van der Waals surface area contributed by atoms with Crippen molar-refractivity contribution < 1.29 is 9.53 Å². The molecule has 1 fully saturated rings. The van der Waals surface area contributed by atoms with Crippen LogP contribution in [0.4, 0.5) is 0 Å². The molecule has 7 nitrogen and oxygen atoms in total. The second-order valence-electron chi connectivity index (χ2n) is 5.46. The lowest BCUT2D eigenvalue weighted by atomic mass is 9.98. The van der Waals surface area contributed by atoms with Crippen LogP contribution in [0.5, 0.6) is 5.75 Å². The summed E-state index contributed by atoms with van der Waals surface area (Å²) in [5.41, 5.74) is 0. The number of aromatic nitrogens is 4. The maximum absolute atomic E-state index is 12.1. The highest BCUT2D eigenvalue weighted by molar-refractivity contribution is 5.75. The minimum absolute atomic E-state index is 0.0646. The second kappa shape index (κ2) is 7.02. The Morgan fingerprint density at radius 2 is 2.00 bits per heavy atom. The molecule has 0 atom stereocenters. The number of tetrazole rings is 1. The highest BCUT2D eigenvalue weighted by Gasteiger charge is 2.23. The Morgan fingerprint density at radius 1 is 1.23 bits per heavy atom. The summed E-state index contributed by atoms with van der Waals surface area (Å²) in [5.74, 6) is 1.46. The van der Waals surface area contributed by atoms with Crippen LogP contribution in [-0.4, -0.2) is 50.7 Å². The lowest BCUT2D eigenvalue weighted by Crippen LogP contribution is -2.41. The van der Waals surface area contributed by atoms with Gasteiger partial charge >= 0.3 is 0 Å². The standard InChI is InChI=1S/C15H19N5O2/c21-15(10-20-12-16-17-18-20)19-8-6-13(7-9-19)11-22-14-4-2-1-3-5-14/h1-5,12-13H,6-11H2. The van der Waals surface area contributed by atoms with Crippen molar-refractivity contribution in [2.75, 3.05) is 19.7 Å². The second-order valence-corrected chi connectivity index (χ2v) is 5.46. The maximum Gasteiger partial charge on any atom is 0.244 e. The molecule has 0 N–H and O–H groups in total. The van der Waals surface area contributed by atoms with Crippen molar-refractivity contribution >= 4 is 5.91 Å². The van der Waals surface area contributed by atoms with Gasteiger partial charge in [-0.1, -0.05) is 18.2 Å². The number of likely N-dealkylation sites (tertiary alicyclic amines) is 1. The van der Waals surface area contributed by atoms with Crippen LogP contribution in [0.15, 0.2) is 36.7 Å². The zero-order chi connectivity index (χ0) is 15.2. The SMILES string of the molecule is O=C(Cn1cnnn1)N1CCC(COc2ccccc2)CC1. The van der Waals surface area contributed by atoms with Crippen molar-refractivity contribution in [1.82, 2.24) is 25.1 Å². The third-order valence-electron chi connectivity index (χ3n) is 3.88. The van der Waals surface area contributed by atoms with E-state index in [1.54, 1.807) is 0 Å². The lowest BCUT2D eigenvalue weighted by Gasteiger charge is -2.31. The van der Waals surface area contributed by atoms with Crippen LogP contribution in [0.1, 0.15) is 12.8 Å². The number of ether oxygens (including phenoxy) is 1. The van der Waals surface area contributed by atoms with E-state index >= 15 is 0 Å². The van der Waals surface area contributed by atoms with Crippen molar-refractivity contribution in [2.45, 2.75) is 19.4 Å². The van der Waals surface area contributed by atoms with Crippen LogP contribution in [-0.2, 0) is 11.3 Å². The minimum Gasteiger partial charge on any atom is -0.493 e. The van der Waals surface area contributed by atoms with Crippen LogP contribution in [0.3, 0.4) is 0 Å². The summed E-state index contributed by atoms with van der Waals surface area (Å²) >= 11 is 0. The van der Waals surface area contributed by atoms with Gasteiger partial charge in [-0.25, -0.2) is 4.68 Å². The van der Waals surface area contributed by atoms with Gasteiger partial charge in [0.2, 0.25) is 5.91 Å². The highest BCUT2D eigenvalue weighted by atomic mass is 16.5. The van der Waals surface area contributed by atoms with Crippen LogP contribution in [0.25, 0.3) is 0 Å². The maximum atomic E-state index is 12.1. The molecular weight excluding hydrogens is 282 g/mol. The van der Waals surface area contributed by atoms with E-state index in [0.717, 1.165) is 31.7 Å². The Labute approximate surface area is 128 Å². The van der Waals surface area contributed by atoms with Gasteiger partial charge in [0, 0.05) is 13.1 Å². The summed E-state index contributed by atoms with van der Waals surface area (Å²) in [4.78, 5) is 14.0. The first-order chi connectivity index (χ1) is 10.8. The molecule has 116 valence electrons. The summed E-state index contributed by atoms with van der Waals surface area (Å²) in [6.07, 6.45) is 3.39. The monoisotopic (exact) mass is 301 g/mol. The smallest absolute Gasteiger partial charge is 0.244 e. The average molecular weight is 301 g/mol. The van der Waals surface area contributed by atoms with E-state index < -0.39 is 0 Å². The van der Waals surface area contributed by atoms with Crippen LogP contribution >= 0.6 is 0 Å². The minimum atomic E-state index is 0.0646. The van der Waals surface area contributed by atoms with Gasteiger partial charge in [-0.15, -0.1) is 5.10 Å². The molecule has 1 aliphatic rings. The van der Waals surface area contributed by atoms with Gasteiger partial charge in [0.05, 0.1) is 6.61 Å². The van der Waals surface area contributed by atoms with E-state index in [0.29, 0.717) is 12.5 Å². The van der Waals surface area contributed by atoms with Gasteiger partial charge in [0.15, 0.2) is 0 Å². The van der Waals surface area contributed by atoms with Gasteiger partial charge in [-0.05, 0) is 41.3 Å².